The highest BCUT2D eigenvalue weighted by molar-refractivity contribution is 5.84. The fourth-order valence-corrected chi connectivity index (χ4v) is 1.80. The molecule has 0 aromatic heterocycles. The van der Waals surface area contributed by atoms with Crippen LogP contribution in [0.2, 0.25) is 0 Å². The Morgan fingerprint density at radius 1 is 1.30 bits per heavy atom. The molecule has 0 fully saturated rings. The molecule has 1 unspecified atom stereocenters. The van der Waals surface area contributed by atoms with E-state index in [-0.39, 0.29) is 5.91 Å². The number of esters is 1. The van der Waals surface area contributed by atoms with E-state index < -0.39 is 12.0 Å². The lowest BCUT2D eigenvalue weighted by atomic mass is 10.1. The molecule has 0 radical (unpaired) electrons. The van der Waals surface area contributed by atoms with Gasteiger partial charge < -0.3 is 14.8 Å². The molecular weight excluding hydrogens is 258 g/mol. The number of aryl methyl sites for hydroxylation is 1. The zero-order valence-corrected chi connectivity index (χ0v) is 12.1. The molecule has 1 amide bonds. The largest absolute Gasteiger partial charge is 0.494 e. The quantitative estimate of drug-likeness (QED) is 0.771. The summed E-state index contributed by atoms with van der Waals surface area (Å²) >= 11 is 0. The van der Waals surface area contributed by atoms with E-state index in [0.717, 1.165) is 11.3 Å². The van der Waals surface area contributed by atoms with Crippen LogP contribution in [0.3, 0.4) is 0 Å². The summed E-state index contributed by atoms with van der Waals surface area (Å²) in [6.07, 6.45) is 0.862. The molecule has 0 bridgehead atoms. The number of carbonyl (C=O) groups excluding carboxylic acids is 2. The van der Waals surface area contributed by atoms with Crippen molar-refractivity contribution in [2.45, 2.75) is 32.7 Å². The van der Waals surface area contributed by atoms with Gasteiger partial charge in [0, 0.05) is 6.42 Å². The molecule has 1 rings (SSSR count). The third-order valence-electron chi connectivity index (χ3n) is 2.83. The Bertz CT molecular complexity index is 459. The van der Waals surface area contributed by atoms with E-state index in [1.807, 2.05) is 31.2 Å². The van der Waals surface area contributed by atoms with Crippen molar-refractivity contribution in [1.82, 2.24) is 5.32 Å². The van der Waals surface area contributed by atoms with Crippen LogP contribution in [0, 0.1) is 0 Å². The standard InChI is InChI=1S/C15H21NO4/c1-4-20-13-8-6-5-7-12(13)9-10-14(17)16-11(2)15(18)19-3/h5-8,11H,4,9-10H2,1-3H3,(H,16,17). The molecule has 5 heteroatoms. The summed E-state index contributed by atoms with van der Waals surface area (Å²) in [7, 11) is 1.29. The van der Waals surface area contributed by atoms with Crippen molar-refractivity contribution >= 4 is 11.9 Å². The Morgan fingerprint density at radius 3 is 2.65 bits per heavy atom. The SMILES string of the molecule is CCOc1ccccc1CCC(=O)NC(C)C(=O)OC. The summed E-state index contributed by atoms with van der Waals surface area (Å²) in [5.74, 6) is 0.158. The van der Waals surface area contributed by atoms with Crippen LogP contribution in [-0.2, 0) is 20.7 Å². The van der Waals surface area contributed by atoms with Crippen molar-refractivity contribution in [2.24, 2.45) is 0 Å². The van der Waals surface area contributed by atoms with Crippen LogP contribution >= 0.6 is 0 Å². The van der Waals surface area contributed by atoms with E-state index in [2.05, 4.69) is 10.1 Å². The first-order valence-corrected chi connectivity index (χ1v) is 6.66. The number of hydrogen-bond donors (Lipinski definition) is 1. The predicted octanol–water partition coefficient (Wildman–Crippen LogP) is 1.70. The van der Waals surface area contributed by atoms with Crippen LogP contribution in [0.15, 0.2) is 24.3 Å². The Balaban J connectivity index is 2.51. The second-order valence-corrected chi connectivity index (χ2v) is 4.35. The number of para-hydroxylation sites is 1. The molecular formula is C15H21NO4. The van der Waals surface area contributed by atoms with Crippen LogP contribution in [0.1, 0.15) is 25.8 Å². The van der Waals surface area contributed by atoms with Gasteiger partial charge in [0.1, 0.15) is 11.8 Å². The van der Waals surface area contributed by atoms with Crippen LogP contribution in [0.5, 0.6) is 5.75 Å². The van der Waals surface area contributed by atoms with Crippen molar-refractivity contribution in [3.63, 3.8) is 0 Å². The highest BCUT2D eigenvalue weighted by Crippen LogP contribution is 2.19. The third-order valence-corrected chi connectivity index (χ3v) is 2.83. The van der Waals surface area contributed by atoms with Gasteiger partial charge in [0.25, 0.3) is 0 Å². The van der Waals surface area contributed by atoms with Crippen molar-refractivity contribution in [1.29, 1.82) is 0 Å². The van der Waals surface area contributed by atoms with Crippen molar-refractivity contribution < 1.29 is 19.1 Å². The minimum absolute atomic E-state index is 0.186. The van der Waals surface area contributed by atoms with E-state index in [4.69, 9.17) is 4.74 Å². The molecule has 20 heavy (non-hydrogen) atoms. The number of ether oxygens (including phenoxy) is 2. The number of benzene rings is 1. The maximum Gasteiger partial charge on any atom is 0.328 e. The summed E-state index contributed by atoms with van der Waals surface area (Å²) in [4.78, 5) is 23.0. The predicted molar refractivity (Wildman–Crippen MR) is 75.6 cm³/mol. The first-order valence-electron chi connectivity index (χ1n) is 6.66. The lowest BCUT2D eigenvalue weighted by Gasteiger charge is -2.12. The Kier molecular flexibility index (Phi) is 6.56. The molecule has 1 N–H and O–H groups in total. The second-order valence-electron chi connectivity index (χ2n) is 4.35. The lowest BCUT2D eigenvalue weighted by Crippen LogP contribution is -2.39. The second kappa shape index (κ2) is 8.19. The molecule has 5 nitrogen and oxygen atoms in total. The van der Waals surface area contributed by atoms with Gasteiger partial charge in [0.15, 0.2) is 0 Å². The number of nitrogens with one attached hydrogen (secondary N) is 1. The summed E-state index contributed by atoms with van der Waals surface area (Å²) in [6, 6.07) is 6.99. The smallest absolute Gasteiger partial charge is 0.328 e. The van der Waals surface area contributed by atoms with Crippen LogP contribution in [0.25, 0.3) is 0 Å². The highest BCUT2D eigenvalue weighted by atomic mass is 16.5. The maximum absolute atomic E-state index is 11.8. The zero-order chi connectivity index (χ0) is 15.0. The van der Waals surface area contributed by atoms with Crippen LogP contribution in [-0.4, -0.2) is 31.6 Å². The molecule has 0 saturated heterocycles. The normalized spacial score (nSPS) is 11.6. The zero-order valence-electron chi connectivity index (χ0n) is 12.1. The van der Waals surface area contributed by atoms with Crippen LogP contribution in [0.4, 0.5) is 0 Å². The van der Waals surface area contributed by atoms with E-state index in [9.17, 15) is 9.59 Å². The van der Waals surface area contributed by atoms with E-state index >= 15 is 0 Å². The Labute approximate surface area is 119 Å². The number of carbonyl (C=O) groups is 2. The summed E-state index contributed by atoms with van der Waals surface area (Å²) in [5, 5.41) is 2.60. The van der Waals surface area contributed by atoms with Gasteiger partial charge in [-0.25, -0.2) is 4.79 Å². The maximum atomic E-state index is 11.8. The number of rotatable bonds is 7. The molecule has 0 heterocycles. The molecule has 1 aromatic carbocycles. The minimum atomic E-state index is -0.630. The summed E-state index contributed by atoms with van der Waals surface area (Å²) < 4.78 is 10.1. The molecule has 0 aliphatic heterocycles. The molecule has 1 aromatic rings. The monoisotopic (exact) mass is 279 g/mol. The molecule has 0 aliphatic carbocycles. The molecule has 0 spiro atoms. The van der Waals surface area contributed by atoms with Gasteiger partial charge in [0.2, 0.25) is 5.91 Å². The number of methoxy groups -OCH3 is 1. The Morgan fingerprint density at radius 2 is 2.00 bits per heavy atom. The van der Waals surface area contributed by atoms with E-state index in [0.29, 0.717) is 19.4 Å². The van der Waals surface area contributed by atoms with Gasteiger partial charge in [0.05, 0.1) is 13.7 Å². The molecule has 0 aliphatic rings. The molecule has 1 atom stereocenters. The minimum Gasteiger partial charge on any atom is -0.494 e. The Hall–Kier alpha value is -2.04. The van der Waals surface area contributed by atoms with Gasteiger partial charge in [-0.3, -0.25) is 4.79 Å². The average molecular weight is 279 g/mol. The van der Waals surface area contributed by atoms with Gasteiger partial charge in [-0.1, -0.05) is 18.2 Å². The molecule has 110 valence electrons. The first-order chi connectivity index (χ1) is 9.58. The molecule has 0 saturated carbocycles. The van der Waals surface area contributed by atoms with E-state index in [1.165, 1.54) is 7.11 Å². The highest BCUT2D eigenvalue weighted by Gasteiger charge is 2.15. The third kappa shape index (κ3) is 4.91. The number of amides is 1. The number of hydrogen-bond acceptors (Lipinski definition) is 4. The average Bonchev–Trinajstić information content (AvgIpc) is 2.45. The first kappa shape index (κ1) is 16.0. The fourth-order valence-electron chi connectivity index (χ4n) is 1.80. The van der Waals surface area contributed by atoms with E-state index in [1.54, 1.807) is 6.92 Å². The summed E-state index contributed by atoms with van der Waals surface area (Å²) in [5.41, 5.74) is 0.982. The lowest BCUT2D eigenvalue weighted by molar-refractivity contribution is -0.144. The van der Waals surface area contributed by atoms with Gasteiger partial charge in [-0.15, -0.1) is 0 Å². The van der Waals surface area contributed by atoms with Crippen molar-refractivity contribution in [3.05, 3.63) is 29.8 Å². The van der Waals surface area contributed by atoms with Gasteiger partial charge in [-0.05, 0) is 31.9 Å². The summed E-state index contributed by atoms with van der Waals surface area (Å²) in [6.45, 7) is 4.10. The fraction of sp³-hybridized carbons (Fsp3) is 0.467. The van der Waals surface area contributed by atoms with Crippen LogP contribution < -0.4 is 10.1 Å². The van der Waals surface area contributed by atoms with Crippen molar-refractivity contribution in [2.75, 3.05) is 13.7 Å². The van der Waals surface area contributed by atoms with Crippen molar-refractivity contribution in [3.8, 4) is 5.75 Å². The van der Waals surface area contributed by atoms with Gasteiger partial charge in [-0.2, -0.15) is 0 Å². The topological polar surface area (TPSA) is 64.6 Å². The van der Waals surface area contributed by atoms with Gasteiger partial charge >= 0.3 is 5.97 Å².